The molecule has 21 heavy (non-hydrogen) atoms. The molecule has 0 aromatic heterocycles. The summed E-state index contributed by atoms with van der Waals surface area (Å²) in [5, 5.41) is 3.56. The van der Waals surface area contributed by atoms with E-state index >= 15 is 0 Å². The van der Waals surface area contributed by atoms with Crippen LogP contribution in [-0.4, -0.2) is 19.0 Å². The van der Waals surface area contributed by atoms with Gasteiger partial charge in [-0.25, -0.2) is 0 Å². The van der Waals surface area contributed by atoms with E-state index in [2.05, 4.69) is 16.3 Å². The third kappa shape index (κ3) is 3.19. The second-order valence-electron chi connectivity index (χ2n) is 5.18. The quantitative estimate of drug-likeness (QED) is 0.921. The Balaban J connectivity index is 1.83. The highest BCUT2D eigenvalue weighted by atomic mass is 35.5. The van der Waals surface area contributed by atoms with E-state index in [0.717, 1.165) is 24.5 Å². The zero-order valence-corrected chi connectivity index (χ0v) is 12.4. The molecular formula is C17H17ClN2O. The van der Waals surface area contributed by atoms with Crippen molar-refractivity contribution in [3.05, 3.63) is 59.1 Å². The maximum atomic E-state index is 12.3. The lowest BCUT2D eigenvalue weighted by Gasteiger charge is -2.21. The van der Waals surface area contributed by atoms with Gasteiger partial charge in [0.15, 0.2) is 0 Å². The van der Waals surface area contributed by atoms with Gasteiger partial charge >= 0.3 is 0 Å². The first-order chi connectivity index (χ1) is 10.2. The zero-order valence-electron chi connectivity index (χ0n) is 11.7. The topological polar surface area (TPSA) is 32.3 Å². The lowest BCUT2D eigenvalue weighted by molar-refractivity contribution is 0.102. The number of nitrogens with zero attached hydrogens (tertiary/aromatic N) is 1. The Bertz CT molecular complexity index is 651. The number of rotatable bonds is 3. The normalized spacial score (nSPS) is 14.2. The standard InChI is InChI=1S/C17H17ClN2O/c18-14-7-5-6-13(12-14)17(21)19-15-8-1-2-9-16(15)20-10-3-4-11-20/h1-2,5-9,12H,3-4,10-11H2,(H,19,21). The molecule has 1 N–H and O–H groups in total. The van der Waals surface area contributed by atoms with Crippen molar-refractivity contribution in [2.45, 2.75) is 12.8 Å². The molecule has 1 aliphatic rings. The number of hydrogen-bond donors (Lipinski definition) is 1. The van der Waals surface area contributed by atoms with Crippen LogP contribution in [0.25, 0.3) is 0 Å². The van der Waals surface area contributed by atoms with Crippen LogP contribution in [0.5, 0.6) is 0 Å². The van der Waals surface area contributed by atoms with E-state index in [0.29, 0.717) is 10.6 Å². The summed E-state index contributed by atoms with van der Waals surface area (Å²) in [6, 6.07) is 14.9. The van der Waals surface area contributed by atoms with Gasteiger partial charge in [-0.3, -0.25) is 4.79 Å². The molecule has 1 amide bonds. The molecule has 0 atom stereocenters. The van der Waals surface area contributed by atoms with Crippen LogP contribution in [0.1, 0.15) is 23.2 Å². The van der Waals surface area contributed by atoms with Crippen LogP contribution in [0.15, 0.2) is 48.5 Å². The van der Waals surface area contributed by atoms with Gasteiger partial charge in [-0.15, -0.1) is 0 Å². The molecule has 1 aliphatic heterocycles. The van der Waals surface area contributed by atoms with Crippen LogP contribution < -0.4 is 10.2 Å². The van der Waals surface area contributed by atoms with E-state index in [4.69, 9.17) is 11.6 Å². The Morgan fingerprint density at radius 2 is 1.81 bits per heavy atom. The van der Waals surface area contributed by atoms with Crippen LogP contribution in [0.4, 0.5) is 11.4 Å². The van der Waals surface area contributed by atoms with E-state index in [-0.39, 0.29) is 5.91 Å². The van der Waals surface area contributed by atoms with Gasteiger partial charge in [0.2, 0.25) is 0 Å². The third-order valence-corrected chi connectivity index (χ3v) is 3.92. The van der Waals surface area contributed by atoms with Crippen LogP contribution in [0.2, 0.25) is 5.02 Å². The summed E-state index contributed by atoms with van der Waals surface area (Å²) in [5.41, 5.74) is 2.51. The molecule has 0 bridgehead atoms. The lowest BCUT2D eigenvalue weighted by atomic mass is 10.2. The maximum absolute atomic E-state index is 12.3. The van der Waals surface area contributed by atoms with Gasteiger partial charge in [0, 0.05) is 23.7 Å². The van der Waals surface area contributed by atoms with E-state index in [1.54, 1.807) is 24.3 Å². The molecule has 1 saturated heterocycles. The van der Waals surface area contributed by atoms with Gasteiger partial charge in [0.1, 0.15) is 0 Å². The molecule has 1 heterocycles. The van der Waals surface area contributed by atoms with Gasteiger partial charge < -0.3 is 10.2 Å². The average molecular weight is 301 g/mol. The van der Waals surface area contributed by atoms with Crippen molar-refractivity contribution in [2.24, 2.45) is 0 Å². The highest BCUT2D eigenvalue weighted by Gasteiger charge is 2.16. The van der Waals surface area contributed by atoms with Gasteiger partial charge in [-0.1, -0.05) is 29.8 Å². The second-order valence-corrected chi connectivity index (χ2v) is 5.61. The van der Waals surface area contributed by atoms with Crippen molar-refractivity contribution < 1.29 is 4.79 Å². The fourth-order valence-electron chi connectivity index (χ4n) is 2.64. The number of halogens is 1. The monoisotopic (exact) mass is 300 g/mol. The first-order valence-electron chi connectivity index (χ1n) is 7.15. The molecule has 2 aromatic rings. The molecule has 0 unspecified atom stereocenters. The van der Waals surface area contributed by atoms with Crippen LogP contribution >= 0.6 is 11.6 Å². The molecule has 0 saturated carbocycles. The molecule has 2 aromatic carbocycles. The largest absolute Gasteiger partial charge is 0.370 e. The van der Waals surface area contributed by atoms with Crippen LogP contribution in [-0.2, 0) is 0 Å². The summed E-state index contributed by atoms with van der Waals surface area (Å²) in [7, 11) is 0. The van der Waals surface area contributed by atoms with E-state index < -0.39 is 0 Å². The average Bonchev–Trinajstić information content (AvgIpc) is 3.02. The summed E-state index contributed by atoms with van der Waals surface area (Å²) >= 11 is 5.94. The summed E-state index contributed by atoms with van der Waals surface area (Å²) in [6.07, 6.45) is 2.41. The van der Waals surface area contributed by atoms with Crippen molar-refractivity contribution in [3.8, 4) is 0 Å². The van der Waals surface area contributed by atoms with Gasteiger partial charge in [-0.2, -0.15) is 0 Å². The minimum absolute atomic E-state index is 0.135. The van der Waals surface area contributed by atoms with Crippen molar-refractivity contribution >= 4 is 28.9 Å². The Labute approximate surface area is 129 Å². The molecule has 1 fully saturated rings. The predicted octanol–water partition coefficient (Wildman–Crippen LogP) is 4.19. The summed E-state index contributed by atoms with van der Waals surface area (Å²) < 4.78 is 0. The summed E-state index contributed by atoms with van der Waals surface area (Å²) in [5.74, 6) is -0.135. The van der Waals surface area contributed by atoms with Crippen molar-refractivity contribution in [3.63, 3.8) is 0 Å². The van der Waals surface area contributed by atoms with Crippen LogP contribution in [0.3, 0.4) is 0 Å². The zero-order chi connectivity index (χ0) is 14.7. The SMILES string of the molecule is O=C(Nc1ccccc1N1CCCC1)c1cccc(Cl)c1. The number of para-hydroxylation sites is 2. The molecule has 4 heteroatoms. The third-order valence-electron chi connectivity index (χ3n) is 3.69. The first-order valence-corrected chi connectivity index (χ1v) is 7.53. The summed E-state index contributed by atoms with van der Waals surface area (Å²) in [6.45, 7) is 2.09. The number of anilines is 2. The highest BCUT2D eigenvalue weighted by Crippen LogP contribution is 2.29. The van der Waals surface area contributed by atoms with Gasteiger partial charge in [0.05, 0.1) is 11.4 Å². The number of hydrogen-bond acceptors (Lipinski definition) is 2. The van der Waals surface area contributed by atoms with E-state index in [9.17, 15) is 4.79 Å². The molecule has 3 nitrogen and oxygen atoms in total. The number of benzene rings is 2. The molecule has 0 radical (unpaired) electrons. The minimum Gasteiger partial charge on any atom is -0.370 e. The van der Waals surface area contributed by atoms with Crippen molar-refractivity contribution in [2.75, 3.05) is 23.3 Å². The Morgan fingerprint density at radius 1 is 1.05 bits per heavy atom. The number of carbonyl (C=O) groups is 1. The van der Waals surface area contributed by atoms with Crippen molar-refractivity contribution in [1.29, 1.82) is 0 Å². The minimum atomic E-state index is -0.135. The fraction of sp³-hybridized carbons (Fsp3) is 0.235. The highest BCUT2D eigenvalue weighted by molar-refractivity contribution is 6.31. The first kappa shape index (κ1) is 14.0. The predicted molar refractivity (Wildman–Crippen MR) is 87.3 cm³/mol. The smallest absolute Gasteiger partial charge is 0.255 e. The van der Waals surface area contributed by atoms with Crippen LogP contribution in [0, 0.1) is 0 Å². The Hall–Kier alpha value is -2.00. The number of carbonyl (C=O) groups excluding carboxylic acids is 1. The van der Waals surface area contributed by atoms with Gasteiger partial charge in [-0.05, 0) is 43.2 Å². The van der Waals surface area contributed by atoms with E-state index in [1.165, 1.54) is 12.8 Å². The second kappa shape index (κ2) is 6.19. The van der Waals surface area contributed by atoms with Crippen molar-refractivity contribution in [1.82, 2.24) is 0 Å². The lowest BCUT2D eigenvalue weighted by Crippen LogP contribution is -2.21. The van der Waals surface area contributed by atoms with E-state index in [1.807, 2.05) is 18.2 Å². The summed E-state index contributed by atoms with van der Waals surface area (Å²) in [4.78, 5) is 14.7. The fourth-order valence-corrected chi connectivity index (χ4v) is 2.83. The number of nitrogens with one attached hydrogen (secondary N) is 1. The molecule has 0 aliphatic carbocycles. The number of amides is 1. The molecule has 108 valence electrons. The van der Waals surface area contributed by atoms with Gasteiger partial charge in [0.25, 0.3) is 5.91 Å². The Morgan fingerprint density at radius 3 is 2.57 bits per heavy atom. The molecule has 3 rings (SSSR count). The molecular weight excluding hydrogens is 284 g/mol. The molecule has 0 spiro atoms. The maximum Gasteiger partial charge on any atom is 0.255 e. The Kier molecular flexibility index (Phi) is 4.11.